The van der Waals surface area contributed by atoms with Crippen LogP contribution in [-0.4, -0.2) is 37.6 Å². The van der Waals surface area contributed by atoms with Crippen molar-refractivity contribution in [2.24, 2.45) is 5.84 Å². The third-order valence-corrected chi connectivity index (χ3v) is 4.53. The molecule has 2 rings (SSSR count). The fourth-order valence-electron chi connectivity index (χ4n) is 2.07. The molecule has 1 aromatic rings. The fourth-order valence-corrected chi connectivity index (χ4v) is 2.97. The number of aromatic nitrogens is 2. The Hall–Kier alpha value is -1.29. The second-order valence-corrected chi connectivity index (χ2v) is 6.33. The average Bonchev–Trinajstić information content (AvgIpc) is 2.97. The molecule has 8 nitrogen and oxygen atoms in total. The predicted molar refractivity (Wildman–Crippen MR) is 73.2 cm³/mol. The van der Waals surface area contributed by atoms with Gasteiger partial charge in [0.1, 0.15) is 4.90 Å². The lowest BCUT2D eigenvalue weighted by Crippen LogP contribution is -2.29. The molecule has 1 saturated carbocycles. The summed E-state index contributed by atoms with van der Waals surface area (Å²) in [6.07, 6.45) is 7.18. The van der Waals surface area contributed by atoms with Crippen LogP contribution in [0.4, 0.5) is 5.95 Å². The molecule has 0 spiro atoms. The summed E-state index contributed by atoms with van der Waals surface area (Å²) >= 11 is 0. The molecular formula is C11H19N5O3S. The molecule has 9 heteroatoms. The van der Waals surface area contributed by atoms with Crippen molar-refractivity contribution in [2.45, 2.75) is 36.7 Å². The molecule has 1 fully saturated rings. The van der Waals surface area contributed by atoms with Crippen LogP contribution >= 0.6 is 0 Å². The first kappa shape index (κ1) is 15.1. The lowest BCUT2D eigenvalue weighted by molar-refractivity contribution is 0.0626. The summed E-state index contributed by atoms with van der Waals surface area (Å²) in [5.74, 6) is 5.27. The molecule has 0 aromatic carbocycles. The Morgan fingerprint density at radius 2 is 1.95 bits per heavy atom. The molecule has 4 N–H and O–H groups in total. The van der Waals surface area contributed by atoms with Gasteiger partial charge >= 0.3 is 0 Å². The normalized spacial score (nSPS) is 16.4. The molecule has 0 atom stereocenters. The molecule has 1 aromatic heterocycles. The van der Waals surface area contributed by atoms with Crippen molar-refractivity contribution in [3.63, 3.8) is 0 Å². The van der Waals surface area contributed by atoms with Gasteiger partial charge in [-0.3, -0.25) is 5.43 Å². The standard InChI is InChI=1S/C11H19N5O3S/c12-16-11-13-7-10(8-14-11)20(17,18)15-5-6-19-9-3-1-2-4-9/h7-9,15H,1-6,12H2,(H,13,14,16). The number of nitrogen functional groups attached to an aromatic ring is 1. The van der Waals surface area contributed by atoms with Crippen LogP contribution in [0.5, 0.6) is 0 Å². The summed E-state index contributed by atoms with van der Waals surface area (Å²) < 4.78 is 31.9. The molecule has 0 saturated heterocycles. The highest BCUT2D eigenvalue weighted by atomic mass is 32.2. The Morgan fingerprint density at radius 3 is 2.55 bits per heavy atom. The maximum atomic E-state index is 11.9. The summed E-state index contributed by atoms with van der Waals surface area (Å²) in [6.45, 7) is 0.600. The summed E-state index contributed by atoms with van der Waals surface area (Å²) in [4.78, 5) is 7.51. The Balaban J connectivity index is 1.80. The summed E-state index contributed by atoms with van der Waals surface area (Å²) in [6, 6.07) is 0. The molecular weight excluding hydrogens is 282 g/mol. The van der Waals surface area contributed by atoms with Gasteiger partial charge in [0.25, 0.3) is 0 Å². The summed E-state index contributed by atoms with van der Waals surface area (Å²) in [5.41, 5.74) is 2.23. The van der Waals surface area contributed by atoms with E-state index >= 15 is 0 Å². The van der Waals surface area contributed by atoms with E-state index in [-0.39, 0.29) is 23.5 Å². The van der Waals surface area contributed by atoms with Gasteiger partial charge in [0.15, 0.2) is 0 Å². The minimum absolute atomic E-state index is 0.00244. The van der Waals surface area contributed by atoms with Crippen molar-refractivity contribution in [3.05, 3.63) is 12.4 Å². The molecule has 1 heterocycles. The fraction of sp³-hybridized carbons (Fsp3) is 0.636. The minimum atomic E-state index is -3.60. The highest BCUT2D eigenvalue weighted by Gasteiger charge is 2.17. The van der Waals surface area contributed by atoms with E-state index in [0.717, 1.165) is 12.8 Å². The van der Waals surface area contributed by atoms with Crippen LogP contribution in [0.3, 0.4) is 0 Å². The molecule has 1 aliphatic carbocycles. The quantitative estimate of drug-likeness (QED) is 0.368. The van der Waals surface area contributed by atoms with Gasteiger partial charge in [-0.1, -0.05) is 12.8 Å². The van der Waals surface area contributed by atoms with Crippen molar-refractivity contribution in [1.29, 1.82) is 0 Å². The minimum Gasteiger partial charge on any atom is -0.377 e. The van der Waals surface area contributed by atoms with E-state index in [2.05, 4.69) is 20.1 Å². The van der Waals surface area contributed by atoms with E-state index in [9.17, 15) is 8.42 Å². The molecule has 0 radical (unpaired) electrons. The largest absolute Gasteiger partial charge is 0.377 e. The van der Waals surface area contributed by atoms with E-state index in [1.165, 1.54) is 25.2 Å². The van der Waals surface area contributed by atoms with E-state index in [1.54, 1.807) is 0 Å². The molecule has 20 heavy (non-hydrogen) atoms. The first-order valence-corrected chi connectivity index (χ1v) is 8.00. The highest BCUT2D eigenvalue weighted by Crippen LogP contribution is 2.20. The first-order valence-electron chi connectivity index (χ1n) is 6.52. The van der Waals surface area contributed by atoms with Crippen LogP contribution < -0.4 is 16.0 Å². The van der Waals surface area contributed by atoms with Crippen LogP contribution in [0.15, 0.2) is 17.3 Å². The number of anilines is 1. The Labute approximate surface area is 118 Å². The number of hydrazine groups is 1. The zero-order valence-electron chi connectivity index (χ0n) is 11.1. The van der Waals surface area contributed by atoms with Crippen LogP contribution in [0.1, 0.15) is 25.7 Å². The maximum absolute atomic E-state index is 11.9. The van der Waals surface area contributed by atoms with Gasteiger partial charge in [-0.05, 0) is 12.8 Å². The SMILES string of the molecule is NNc1ncc(S(=O)(=O)NCCOC2CCCC2)cn1. The molecule has 0 aliphatic heterocycles. The number of rotatable bonds is 7. The number of ether oxygens (including phenoxy) is 1. The number of sulfonamides is 1. The van der Waals surface area contributed by atoms with E-state index < -0.39 is 10.0 Å². The lowest BCUT2D eigenvalue weighted by atomic mass is 10.3. The molecule has 0 amide bonds. The van der Waals surface area contributed by atoms with Crippen LogP contribution in [-0.2, 0) is 14.8 Å². The zero-order chi connectivity index (χ0) is 14.4. The van der Waals surface area contributed by atoms with Gasteiger partial charge in [-0.2, -0.15) is 0 Å². The molecule has 1 aliphatic rings. The number of nitrogens with one attached hydrogen (secondary N) is 2. The van der Waals surface area contributed by atoms with Crippen molar-refractivity contribution >= 4 is 16.0 Å². The third kappa shape index (κ3) is 4.10. The van der Waals surface area contributed by atoms with Crippen molar-refractivity contribution < 1.29 is 13.2 Å². The van der Waals surface area contributed by atoms with E-state index in [0.29, 0.717) is 6.61 Å². The number of hydrogen-bond acceptors (Lipinski definition) is 7. The van der Waals surface area contributed by atoms with E-state index in [4.69, 9.17) is 10.6 Å². The maximum Gasteiger partial charge on any atom is 0.243 e. The topological polar surface area (TPSA) is 119 Å². The number of nitrogens with two attached hydrogens (primary N) is 1. The summed E-state index contributed by atoms with van der Waals surface area (Å²) in [7, 11) is -3.60. The molecule has 0 unspecified atom stereocenters. The van der Waals surface area contributed by atoms with Gasteiger partial charge < -0.3 is 4.74 Å². The van der Waals surface area contributed by atoms with Crippen molar-refractivity contribution in [3.8, 4) is 0 Å². The molecule has 0 bridgehead atoms. The third-order valence-electron chi connectivity index (χ3n) is 3.12. The van der Waals surface area contributed by atoms with Gasteiger partial charge in [-0.15, -0.1) is 0 Å². The zero-order valence-corrected chi connectivity index (χ0v) is 11.9. The van der Waals surface area contributed by atoms with E-state index in [1.807, 2.05) is 0 Å². The Kier molecular flexibility index (Phi) is 5.24. The highest BCUT2D eigenvalue weighted by molar-refractivity contribution is 7.89. The lowest BCUT2D eigenvalue weighted by Gasteiger charge is -2.11. The van der Waals surface area contributed by atoms with Gasteiger partial charge in [0.2, 0.25) is 16.0 Å². The van der Waals surface area contributed by atoms with Gasteiger partial charge in [0, 0.05) is 6.54 Å². The Bertz CT molecular complexity index is 513. The molecule has 112 valence electrons. The average molecular weight is 301 g/mol. The second-order valence-electron chi connectivity index (χ2n) is 4.56. The second kappa shape index (κ2) is 6.93. The van der Waals surface area contributed by atoms with Gasteiger partial charge in [-0.25, -0.2) is 29.0 Å². The van der Waals surface area contributed by atoms with Crippen molar-refractivity contribution in [2.75, 3.05) is 18.6 Å². The van der Waals surface area contributed by atoms with Crippen LogP contribution in [0.25, 0.3) is 0 Å². The van der Waals surface area contributed by atoms with Crippen LogP contribution in [0.2, 0.25) is 0 Å². The number of nitrogens with zero attached hydrogens (tertiary/aromatic N) is 2. The smallest absolute Gasteiger partial charge is 0.243 e. The monoisotopic (exact) mass is 301 g/mol. The van der Waals surface area contributed by atoms with Crippen LogP contribution in [0, 0.1) is 0 Å². The van der Waals surface area contributed by atoms with Gasteiger partial charge in [0.05, 0.1) is 25.1 Å². The first-order chi connectivity index (χ1) is 9.62. The van der Waals surface area contributed by atoms with Crippen molar-refractivity contribution in [1.82, 2.24) is 14.7 Å². The Morgan fingerprint density at radius 1 is 1.30 bits per heavy atom. The number of hydrogen-bond donors (Lipinski definition) is 3. The summed E-state index contributed by atoms with van der Waals surface area (Å²) in [5, 5.41) is 0. The predicted octanol–water partition coefficient (Wildman–Crippen LogP) is -0.000300.